The minimum atomic E-state index is -3.48. The molecule has 0 radical (unpaired) electrons. The number of esters is 2. The fourth-order valence-corrected chi connectivity index (χ4v) is 5.15. The molecule has 1 N–H and O–H groups in total. The Morgan fingerprint density at radius 3 is 2.26 bits per heavy atom. The van der Waals surface area contributed by atoms with Gasteiger partial charge in [0.1, 0.15) is 0 Å². The molecule has 0 bridgehead atoms. The molecule has 0 saturated heterocycles. The average Bonchev–Trinajstić information content (AvgIpc) is 2.52. The Hall–Kier alpha value is -1.13. The first kappa shape index (κ1) is 23.9. The molecule has 1 unspecified atom stereocenters. The van der Waals surface area contributed by atoms with Crippen LogP contribution >= 0.6 is 7.37 Å². The van der Waals surface area contributed by atoms with Crippen molar-refractivity contribution in [2.45, 2.75) is 66.7 Å². The first-order chi connectivity index (χ1) is 12.4. The Labute approximate surface area is 163 Å². The Morgan fingerprint density at radius 2 is 1.74 bits per heavy atom. The molecule has 0 aromatic rings. The number of hydrogen-bond donors (Lipinski definition) is 1. The van der Waals surface area contributed by atoms with E-state index in [9.17, 15) is 19.0 Å². The fraction of sp³-hybridized carbons (Fsp3) is 0.800. The van der Waals surface area contributed by atoms with Crippen LogP contribution < -0.4 is 0 Å². The topological polar surface area (TPSA) is 89.9 Å². The average molecular weight is 402 g/mol. The maximum Gasteiger partial charge on any atom is 0.337 e. The minimum Gasteiger partial charge on any atom is -0.427 e. The molecule has 1 atom stereocenters. The molecule has 6 nitrogen and oxygen atoms in total. The summed E-state index contributed by atoms with van der Waals surface area (Å²) < 4.78 is 22.6. The second-order valence-corrected chi connectivity index (χ2v) is 11.3. The third-order valence-electron chi connectivity index (χ3n) is 4.41. The Kier molecular flexibility index (Phi) is 9.23. The van der Waals surface area contributed by atoms with Gasteiger partial charge < -0.3 is 14.4 Å². The van der Waals surface area contributed by atoms with Gasteiger partial charge in [-0.3, -0.25) is 9.36 Å². The third-order valence-corrected chi connectivity index (χ3v) is 6.54. The summed E-state index contributed by atoms with van der Waals surface area (Å²) in [4.78, 5) is 34.5. The van der Waals surface area contributed by atoms with Gasteiger partial charge >= 0.3 is 11.9 Å². The molecule has 0 aromatic carbocycles. The molecular weight excluding hydrogens is 367 g/mol. The van der Waals surface area contributed by atoms with E-state index in [-0.39, 0.29) is 29.7 Å². The maximum atomic E-state index is 12.5. The lowest BCUT2D eigenvalue weighted by molar-refractivity contribution is -0.171. The zero-order valence-electron chi connectivity index (χ0n) is 17.3. The van der Waals surface area contributed by atoms with E-state index in [1.54, 1.807) is 26.8 Å². The first-order valence-corrected chi connectivity index (χ1v) is 11.8. The second-order valence-electron chi connectivity index (χ2n) is 8.90. The molecule has 0 heterocycles. The van der Waals surface area contributed by atoms with Crippen molar-refractivity contribution in [3.05, 3.63) is 11.6 Å². The van der Waals surface area contributed by atoms with Gasteiger partial charge in [0.05, 0.1) is 11.6 Å². The molecule has 0 amide bonds. The number of allylic oxidation sites excluding steroid dienone is 1. The summed E-state index contributed by atoms with van der Waals surface area (Å²) >= 11 is 0. The molecule has 156 valence electrons. The molecule has 1 aliphatic carbocycles. The van der Waals surface area contributed by atoms with Gasteiger partial charge in [-0.1, -0.05) is 39.2 Å². The van der Waals surface area contributed by atoms with Gasteiger partial charge in [-0.25, -0.2) is 4.79 Å². The summed E-state index contributed by atoms with van der Waals surface area (Å²) in [5.74, 6) is -0.876. The number of hydrogen-bond acceptors (Lipinski definition) is 5. The lowest BCUT2D eigenvalue weighted by Gasteiger charge is -2.21. The van der Waals surface area contributed by atoms with E-state index in [0.29, 0.717) is 0 Å². The van der Waals surface area contributed by atoms with Crippen LogP contribution in [0, 0.1) is 17.3 Å². The van der Waals surface area contributed by atoms with Crippen LogP contribution in [0.25, 0.3) is 0 Å². The fourth-order valence-electron chi connectivity index (χ4n) is 3.12. The Balaban J connectivity index is 2.80. The number of carbonyl (C=O) groups is 2. The van der Waals surface area contributed by atoms with Crippen LogP contribution in [0.1, 0.15) is 66.7 Å². The summed E-state index contributed by atoms with van der Waals surface area (Å²) in [5, 5.41) is 0. The monoisotopic (exact) mass is 402 g/mol. The third kappa shape index (κ3) is 9.57. The lowest BCUT2D eigenvalue weighted by atomic mass is 9.88. The van der Waals surface area contributed by atoms with Crippen LogP contribution in [-0.4, -0.2) is 35.9 Å². The van der Waals surface area contributed by atoms with Gasteiger partial charge in [-0.2, -0.15) is 0 Å². The molecule has 0 aliphatic heterocycles. The van der Waals surface area contributed by atoms with E-state index in [1.807, 2.05) is 13.8 Å². The molecule has 1 saturated carbocycles. The van der Waals surface area contributed by atoms with Gasteiger partial charge in [-0.15, -0.1) is 0 Å². The van der Waals surface area contributed by atoms with Crippen molar-refractivity contribution in [2.75, 3.05) is 19.1 Å². The van der Waals surface area contributed by atoms with Gasteiger partial charge in [0, 0.05) is 11.7 Å². The summed E-state index contributed by atoms with van der Waals surface area (Å²) in [5.41, 5.74) is -0.467. The van der Waals surface area contributed by atoms with Crippen LogP contribution in [-0.2, 0) is 23.6 Å². The summed E-state index contributed by atoms with van der Waals surface area (Å²) in [6.07, 6.45) is 7.06. The van der Waals surface area contributed by atoms with E-state index in [2.05, 4.69) is 0 Å². The van der Waals surface area contributed by atoms with E-state index < -0.39 is 31.5 Å². The molecule has 1 rings (SSSR count). The van der Waals surface area contributed by atoms with Crippen molar-refractivity contribution in [1.82, 2.24) is 0 Å². The van der Waals surface area contributed by atoms with Crippen molar-refractivity contribution in [2.24, 2.45) is 17.3 Å². The summed E-state index contributed by atoms with van der Waals surface area (Å²) in [6, 6.07) is 0. The molecule has 1 aliphatic rings. The number of ether oxygens (including phenoxy) is 2. The van der Waals surface area contributed by atoms with E-state index in [4.69, 9.17) is 9.47 Å². The van der Waals surface area contributed by atoms with Crippen molar-refractivity contribution in [3.63, 3.8) is 0 Å². The van der Waals surface area contributed by atoms with Crippen molar-refractivity contribution in [3.8, 4) is 0 Å². The highest BCUT2D eigenvalue weighted by Gasteiger charge is 2.28. The molecule has 0 aromatic heterocycles. The van der Waals surface area contributed by atoms with Crippen LogP contribution in [0.5, 0.6) is 0 Å². The summed E-state index contributed by atoms with van der Waals surface area (Å²) in [7, 11) is -3.48. The quantitative estimate of drug-likeness (QED) is 0.278. The highest BCUT2D eigenvalue weighted by Crippen LogP contribution is 2.44. The van der Waals surface area contributed by atoms with Crippen molar-refractivity contribution >= 4 is 19.3 Å². The zero-order chi connectivity index (χ0) is 20.7. The van der Waals surface area contributed by atoms with E-state index in [1.165, 1.54) is 6.42 Å². The zero-order valence-corrected chi connectivity index (χ0v) is 18.2. The van der Waals surface area contributed by atoms with Gasteiger partial charge in [0.15, 0.2) is 0 Å². The van der Waals surface area contributed by atoms with E-state index in [0.717, 1.165) is 25.7 Å². The molecular formula is C20H35O6P. The van der Waals surface area contributed by atoms with Crippen molar-refractivity contribution < 1.29 is 28.5 Å². The van der Waals surface area contributed by atoms with Crippen LogP contribution in [0.2, 0.25) is 0 Å². The second kappa shape index (κ2) is 10.4. The number of carbonyl (C=O) groups excluding carboxylic acids is 2. The predicted octanol–water partition coefficient (Wildman–Crippen LogP) is 4.51. The van der Waals surface area contributed by atoms with Gasteiger partial charge in [-0.05, 0) is 45.4 Å². The molecule has 27 heavy (non-hydrogen) atoms. The summed E-state index contributed by atoms with van der Waals surface area (Å²) in [6.45, 7) is 8.38. The van der Waals surface area contributed by atoms with Crippen LogP contribution in [0.15, 0.2) is 11.6 Å². The Bertz CT molecular complexity index is 582. The van der Waals surface area contributed by atoms with Crippen LogP contribution in [0.3, 0.4) is 0 Å². The molecule has 1 fully saturated rings. The van der Waals surface area contributed by atoms with Crippen LogP contribution in [0.4, 0.5) is 0 Å². The standard InChI is InChI=1S/C20H35O6P/c1-15(2)12-27(23,24)13-17(11-16-9-7-6-8-10-16)18(21)25-14-26-19(22)20(3,4)5/h11,15-16H,6-10,12-14H2,1-5H3,(H,23,24). The largest absolute Gasteiger partial charge is 0.427 e. The molecule has 7 heteroatoms. The molecule has 0 spiro atoms. The van der Waals surface area contributed by atoms with Crippen molar-refractivity contribution in [1.29, 1.82) is 0 Å². The Morgan fingerprint density at radius 1 is 1.15 bits per heavy atom. The maximum absolute atomic E-state index is 12.5. The smallest absolute Gasteiger partial charge is 0.337 e. The van der Waals surface area contributed by atoms with E-state index >= 15 is 0 Å². The first-order valence-electron chi connectivity index (χ1n) is 9.76. The minimum absolute atomic E-state index is 0.0560. The van der Waals surface area contributed by atoms with Gasteiger partial charge in [0.25, 0.3) is 0 Å². The lowest BCUT2D eigenvalue weighted by Crippen LogP contribution is -2.25. The highest BCUT2D eigenvalue weighted by molar-refractivity contribution is 7.58. The highest BCUT2D eigenvalue weighted by atomic mass is 31.2. The predicted molar refractivity (Wildman–Crippen MR) is 106 cm³/mol. The SMILES string of the molecule is CC(C)CP(=O)(O)CC(=CC1CCCCC1)C(=O)OCOC(=O)C(C)(C)C. The normalized spacial score (nSPS) is 18.9. The van der Waals surface area contributed by atoms with Gasteiger partial charge in [0.2, 0.25) is 14.2 Å². The number of rotatable bonds is 8.